The summed E-state index contributed by atoms with van der Waals surface area (Å²) in [6.07, 6.45) is 0. The Morgan fingerprint density at radius 1 is 0.490 bits per heavy atom. The van der Waals surface area contributed by atoms with Gasteiger partial charge in [0.05, 0.1) is 28.3 Å². The van der Waals surface area contributed by atoms with Gasteiger partial charge in [-0.05, 0) is 48.5 Å². The van der Waals surface area contributed by atoms with Crippen LogP contribution in [0.4, 0.5) is 0 Å². The first-order chi connectivity index (χ1) is 27.4. The lowest BCUT2D eigenvalue weighted by molar-refractivity contribution is 0.669. The first-order valence-electron chi connectivity index (χ1n) is 19.0. The van der Waals surface area contributed by atoms with E-state index in [0.717, 1.165) is 58.8 Å². The molecule has 0 aliphatic carbocycles. The molecule has 5 nitrogen and oxygen atoms in total. The minimum atomic E-state index is -0.482. The van der Waals surface area contributed by atoms with Crippen molar-refractivity contribution in [2.75, 3.05) is 0 Å². The highest BCUT2D eigenvalue weighted by Gasteiger charge is 2.20. The van der Waals surface area contributed by atoms with Crippen LogP contribution in [-0.4, -0.2) is 19.5 Å². The van der Waals surface area contributed by atoms with E-state index in [4.69, 9.17) is 26.2 Å². The minimum absolute atomic E-state index is 0.0109. The van der Waals surface area contributed by atoms with Crippen LogP contribution in [0.2, 0.25) is 0 Å². The molecular weight excluding hydrogens is 645 g/mol. The number of rotatable bonds is 4. The molecule has 4 heterocycles. The molecule has 0 bridgehead atoms. The minimum Gasteiger partial charge on any atom is -0.456 e. The number of hydrogen-bond donors (Lipinski definition) is 0. The lowest BCUT2D eigenvalue weighted by Gasteiger charge is -2.09. The van der Waals surface area contributed by atoms with Gasteiger partial charge in [-0.1, -0.05) is 109 Å². The molecule has 0 N–H and O–H groups in total. The molecule has 6 heteroatoms. The van der Waals surface area contributed by atoms with Gasteiger partial charge in [-0.2, -0.15) is 0 Å². The van der Waals surface area contributed by atoms with Crippen LogP contribution in [-0.2, 0) is 0 Å². The smallest absolute Gasteiger partial charge is 0.165 e. The molecule has 7 aromatic carbocycles. The van der Waals surface area contributed by atoms with Crippen LogP contribution in [0.1, 0.15) is 6.85 Å². The molecule has 11 rings (SSSR count). The van der Waals surface area contributed by atoms with Crippen LogP contribution in [0, 0.1) is 0 Å². The van der Waals surface area contributed by atoms with E-state index >= 15 is 0 Å². The van der Waals surface area contributed by atoms with Gasteiger partial charge in [0.2, 0.25) is 0 Å². The third-order valence-electron chi connectivity index (χ3n) is 9.56. The van der Waals surface area contributed by atoms with Gasteiger partial charge in [0.25, 0.3) is 0 Å². The third-order valence-corrected chi connectivity index (χ3v) is 10.8. The van der Waals surface area contributed by atoms with Crippen LogP contribution in [0.25, 0.3) is 104 Å². The van der Waals surface area contributed by atoms with Gasteiger partial charge >= 0.3 is 0 Å². The van der Waals surface area contributed by atoms with Crippen molar-refractivity contribution in [2.24, 2.45) is 0 Å². The van der Waals surface area contributed by atoms with E-state index in [2.05, 4.69) is 77.4 Å². The summed E-state index contributed by atoms with van der Waals surface area (Å²) < 4.78 is 53.2. The van der Waals surface area contributed by atoms with Crippen molar-refractivity contribution in [2.45, 2.75) is 0 Å². The van der Waals surface area contributed by atoms with Gasteiger partial charge < -0.3 is 8.98 Å². The van der Waals surface area contributed by atoms with Crippen molar-refractivity contribution < 1.29 is 11.3 Å². The Hall–Kier alpha value is -6.63. The molecule has 11 aromatic rings. The lowest BCUT2D eigenvalue weighted by Crippen LogP contribution is -2.00. The molecule has 51 heavy (non-hydrogen) atoms. The van der Waals surface area contributed by atoms with E-state index in [1.54, 1.807) is 11.3 Å². The molecule has 0 spiro atoms. The fraction of sp³-hybridized carbons (Fsp3) is 0. The maximum Gasteiger partial charge on any atom is 0.165 e. The summed E-state index contributed by atoms with van der Waals surface area (Å²) in [5.74, 6) is 0.612. The Labute approximate surface area is 302 Å². The Morgan fingerprint density at radius 3 is 1.88 bits per heavy atom. The number of furan rings is 1. The summed E-state index contributed by atoms with van der Waals surface area (Å²) in [6.45, 7) is 0. The zero-order valence-corrected chi connectivity index (χ0v) is 27.5. The highest BCUT2D eigenvalue weighted by molar-refractivity contribution is 7.26. The summed E-state index contributed by atoms with van der Waals surface area (Å²) in [5.41, 5.74) is 6.08. The molecule has 0 fully saturated rings. The van der Waals surface area contributed by atoms with Crippen molar-refractivity contribution in [3.63, 3.8) is 0 Å². The highest BCUT2D eigenvalue weighted by atomic mass is 32.1. The van der Waals surface area contributed by atoms with Crippen molar-refractivity contribution in [1.29, 1.82) is 0 Å². The maximum atomic E-state index is 8.83. The predicted octanol–water partition coefficient (Wildman–Crippen LogP) is 12.2. The van der Waals surface area contributed by atoms with Crippen LogP contribution >= 0.6 is 11.3 Å². The normalized spacial score (nSPS) is 13.3. The molecule has 4 aromatic heterocycles. The first-order valence-corrected chi connectivity index (χ1v) is 17.4. The van der Waals surface area contributed by atoms with Crippen LogP contribution < -0.4 is 0 Å². The predicted molar refractivity (Wildman–Crippen MR) is 211 cm³/mol. The van der Waals surface area contributed by atoms with E-state index in [9.17, 15) is 0 Å². The Morgan fingerprint density at radius 2 is 1.10 bits per heavy atom. The second-order valence-corrected chi connectivity index (χ2v) is 13.4. The zero-order chi connectivity index (χ0) is 37.8. The number of fused-ring (bicyclic) bond motifs is 9. The number of benzene rings is 7. The molecule has 0 unspecified atom stereocenters. The Kier molecular flexibility index (Phi) is 5.08. The molecule has 0 amide bonds. The average molecular weight is 676 g/mol. The maximum absolute atomic E-state index is 8.83. The average Bonchev–Trinajstić information content (AvgIpc) is 3.92. The van der Waals surface area contributed by atoms with Crippen molar-refractivity contribution >= 4 is 75.3 Å². The number of nitrogens with zero attached hydrogens (tertiary/aromatic N) is 4. The zero-order valence-electron chi connectivity index (χ0n) is 31.7. The van der Waals surface area contributed by atoms with E-state index < -0.39 is 18.1 Å². The fourth-order valence-corrected chi connectivity index (χ4v) is 8.62. The monoisotopic (exact) mass is 675 g/mol. The van der Waals surface area contributed by atoms with Gasteiger partial charge in [0.15, 0.2) is 17.5 Å². The van der Waals surface area contributed by atoms with E-state index in [1.807, 2.05) is 54.6 Å². The number of aromatic nitrogens is 4. The van der Waals surface area contributed by atoms with Crippen LogP contribution in [0.5, 0.6) is 0 Å². The summed E-state index contributed by atoms with van der Waals surface area (Å²) in [5, 5.41) is 6.31. The third kappa shape index (κ3) is 4.30. The summed E-state index contributed by atoms with van der Waals surface area (Å²) in [4.78, 5) is 14.8. The van der Waals surface area contributed by atoms with Crippen LogP contribution in [0.15, 0.2) is 162 Å². The molecule has 0 radical (unpaired) electrons. The summed E-state index contributed by atoms with van der Waals surface area (Å²) in [6, 6.07) is 40.7. The molecular formula is C45H26N4OS. The molecule has 238 valence electrons. The number of thiophene rings is 1. The number of hydrogen-bond acceptors (Lipinski definition) is 5. The molecule has 0 saturated heterocycles. The highest BCUT2D eigenvalue weighted by Crippen LogP contribution is 2.44. The lowest BCUT2D eigenvalue weighted by atomic mass is 10.1. The van der Waals surface area contributed by atoms with Gasteiger partial charge in [-0.15, -0.1) is 11.3 Å². The molecule has 0 aliphatic rings. The first kappa shape index (κ1) is 23.7. The summed E-state index contributed by atoms with van der Waals surface area (Å²) >= 11 is 1.65. The largest absolute Gasteiger partial charge is 0.456 e. The SMILES string of the molecule is [2H]c1c([2H])c([2H])c(-c2nc(-c3ccc4oc5ccccc5c4c3)nc(-c3cccc4c3sc3c(-n5c6ccccc6c6ccccc65)cccc34)n2)c([2H])c1[2H]. The molecule has 0 aliphatic heterocycles. The Balaban J connectivity index is 1.18. The van der Waals surface area contributed by atoms with Gasteiger partial charge in [0, 0.05) is 53.7 Å². The topological polar surface area (TPSA) is 56.7 Å². The molecule has 0 saturated carbocycles. The number of para-hydroxylation sites is 3. The van der Waals surface area contributed by atoms with Gasteiger partial charge in [0.1, 0.15) is 11.2 Å². The van der Waals surface area contributed by atoms with Crippen molar-refractivity contribution in [3.05, 3.63) is 158 Å². The Bertz CT molecular complexity index is 3380. The van der Waals surface area contributed by atoms with E-state index in [0.29, 0.717) is 22.8 Å². The summed E-state index contributed by atoms with van der Waals surface area (Å²) in [7, 11) is 0. The fourth-order valence-electron chi connectivity index (χ4n) is 7.30. The standard InChI is InChI=1S/C45H26N4OS/c1-2-12-27(13-3-1)43-46-44(28-24-25-40-35(26-28)31-16-6-9-23-39(31)50-40)48-45(47-43)34-19-10-17-32-33-18-11-22-38(42(33)51-41(32)34)49-36-20-7-4-14-29(36)30-15-5-8-21-37(30)49/h1-26H/i1D,2D,3D,12D,13D. The van der Waals surface area contributed by atoms with E-state index in [-0.39, 0.29) is 23.5 Å². The van der Waals surface area contributed by atoms with Crippen molar-refractivity contribution in [1.82, 2.24) is 19.5 Å². The second kappa shape index (κ2) is 10.9. The quantitative estimate of drug-likeness (QED) is 0.186. The van der Waals surface area contributed by atoms with Crippen LogP contribution in [0.3, 0.4) is 0 Å². The van der Waals surface area contributed by atoms with E-state index in [1.165, 1.54) is 10.8 Å². The van der Waals surface area contributed by atoms with Gasteiger partial charge in [-0.25, -0.2) is 15.0 Å². The van der Waals surface area contributed by atoms with Crippen molar-refractivity contribution in [3.8, 4) is 39.9 Å². The molecule has 0 atom stereocenters. The second-order valence-electron chi connectivity index (χ2n) is 12.4. The van der Waals surface area contributed by atoms with Gasteiger partial charge in [-0.3, -0.25) is 0 Å².